The fourth-order valence-corrected chi connectivity index (χ4v) is 0.807. The first-order valence-electron chi connectivity index (χ1n) is 4.42. The molecule has 1 unspecified atom stereocenters. The standard InChI is InChI=1S/C9H20N2O2/c1-9(2,3)11-6-7(10)5-8(12)13-4/h7,11H,5-6,10H2,1-4H3. The van der Waals surface area contributed by atoms with Crippen molar-refractivity contribution in [3.8, 4) is 0 Å². The molecule has 4 nitrogen and oxygen atoms in total. The second-order valence-electron chi connectivity index (χ2n) is 4.17. The van der Waals surface area contributed by atoms with Crippen LogP contribution < -0.4 is 11.1 Å². The van der Waals surface area contributed by atoms with Crippen LogP contribution in [0.1, 0.15) is 27.2 Å². The minimum Gasteiger partial charge on any atom is -0.469 e. The zero-order chi connectivity index (χ0) is 10.5. The molecule has 0 aromatic carbocycles. The predicted octanol–water partition coefficient (Wildman–Crippen LogP) is 0.265. The molecule has 78 valence electrons. The van der Waals surface area contributed by atoms with Gasteiger partial charge in [0.2, 0.25) is 0 Å². The van der Waals surface area contributed by atoms with E-state index in [9.17, 15) is 4.79 Å². The third-order valence-electron chi connectivity index (χ3n) is 1.55. The molecule has 3 N–H and O–H groups in total. The molecular weight excluding hydrogens is 168 g/mol. The van der Waals surface area contributed by atoms with Crippen LogP contribution in [0.2, 0.25) is 0 Å². The lowest BCUT2D eigenvalue weighted by molar-refractivity contribution is -0.141. The van der Waals surface area contributed by atoms with Crippen molar-refractivity contribution in [1.82, 2.24) is 5.32 Å². The zero-order valence-corrected chi connectivity index (χ0v) is 8.89. The smallest absolute Gasteiger partial charge is 0.307 e. The summed E-state index contributed by atoms with van der Waals surface area (Å²) in [6.07, 6.45) is 0.263. The highest BCUT2D eigenvalue weighted by molar-refractivity contribution is 5.69. The van der Waals surface area contributed by atoms with Crippen molar-refractivity contribution in [2.24, 2.45) is 5.73 Å². The number of hydrogen-bond acceptors (Lipinski definition) is 4. The van der Waals surface area contributed by atoms with Crippen molar-refractivity contribution in [1.29, 1.82) is 0 Å². The van der Waals surface area contributed by atoms with Crippen LogP contribution in [0, 0.1) is 0 Å². The number of carbonyl (C=O) groups excluding carboxylic acids is 1. The zero-order valence-electron chi connectivity index (χ0n) is 8.89. The Labute approximate surface area is 79.8 Å². The molecule has 4 heteroatoms. The van der Waals surface area contributed by atoms with Crippen LogP contribution in [-0.2, 0) is 9.53 Å². The maximum absolute atomic E-state index is 10.8. The van der Waals surface area contributed by atoms with Crippen LogP contribution in [-0.4, -0.2) is 31.2 Å². The Balaban J connectivity index is 3.63. The van der Waals surface area contributed by atoms with Gasteiger partial charge in [0.1, 0.15) is 0 Å². The first kappa shape index (κ1) is 12.4. The summed E-state index contributed by atoms with van der Waals surface area (Å²) >= 11 is 0. The van der Waals surface area contributed by atoms with Crippen LogP contribution in [0.15, 0.2) is 0 Å². The maximum atomic E-state index is 10.8. The second kappa shape index (κ2) is 5.19. The first-order valence-corrected chi connectivity index (χ1v) is 4.42. The number of hydrogen-bond donors (Lipinski definition) is 2. The van der Waals surface area contributed by atoms with Crippen molar-refractivity contribution in [3.05, 3.63) is 0 Å². The van der Waals surface area contributed by atoms with Crippen LogP contribution in [0.25, 0.3) is 0 Å². The summed E-state index contributed by atoms with van der Waals surface area (Å²) in [6.45, 7) is 6.78. The average molecular weight is 188 g/mol. The Hall–Kier alpha value is -0.610. The van der Waals surface area contributed by atoms with E-state index in [2.05, 4.69) is 30.8 Å². The summed E-state index contributed by atoms with van der Waals surface area (Å²) in [5.74, 6) is -0.261. The number of nitrogens with one attached hydrogen (secondary N) is 1. The van der Waals surface area contributed by atoms with Crippen molar-refractivity contribution in [2.45, 2.75) is 38.8 Å². The molecule has 13 heavy (non-hydrogen) atoms. The number of esters is 1. The number of carbonyl (C=O) groups is 1. The summed E-state index contributed by atoms with van der Waals surface area (Å²) in [6, 6.07) is -0.174. The topological polar surface area (TPSA) is 64.3 Å². The average Bonchev–Trinajstić information content (AvgIpc) is 1.99. The van der Waals surface area contributed by atoms with Gasteiger partial charge in [-0.2, -0.15) is 0 Å². The van der Waals surface area contributed by atoms with Gasteiger partial charge in [-0.25, -0.2) is 0 Å². The van der Waals surface area contributed by atoms with Crippen molar-refractivity contribution >= 4 is 5.97 Å². The van der Waals surface area contributed by atoms with Gasteiger partial charge in [-0.3, -0.25) is 4.79 Å². The molecule has 0 radical (unpaired) electrons. The van der Waals surface area contributed by atoms with Gasteiger partial charge in [0, 0.05) is 18.1 Å². The number of methoxy groups -OCH3 is 1. The third-order valence-corrected chi connectivity index (χ3v) is 1.55. The molecule has 0 bridgehead atoms. The summed E-state index contributed by atoms with van der Waals surface area (Å²) < 4.78 is 4.51. The molecule has 0 aliphatic rings. The van der Waals surface area contributed by atoms with E-state index in [1.807, 2.05) is 0 Å². The minimum atomic E-state index is -0.261. The lowest BCUT2D eigenvalue weighted by Gasteiger charge is -2.22. The fraction of sp³-hybridized carbons (Fsp3) is 0.889. The molecule has 0 saturated carbocycles. The first-order chi connectivity index (χ1) is 5.85. The highest BCUT2D eigenvalue weighted by atomic mass is 16.5. The van der Waals surface area contributed by atoms with Crippen LogP contribution in [0.3, 0.4) is 0 Å². The normalized spacial score (nSPS) is 13.9. The quantitative estimate of drug-likeness (QED) is 0.621. The van der Waals surface area contributed by atoms with E-state index >= 15 is 0 Å². The van der Waals surface area contributed by atoms with Gasteiger partial charge in [0.15, 0.2) is 0 Å². The highest BCUT2D eigenvalue weighted by Crippen LogP contribution is 1.99. The molecule has 0 aromatic rings. The minimum absolute atomic E-state index is 0.0355. The van der Waals surface area contributed by atoms with E-state index in [0.29, 0.717) is 6.54 Å². The Morgan fingerprint density at radius 2 is 2.08 bits per heavy atom. The largest absolute Gasteiger partial charge is 0.469 e. The molecule has 1 atom stereocenters. The van der Waals surface area contributed by atoms with Gasteiger partial charge in [0.05, 0.1) is 13.5 Å². The predicted molar refractivity (Wildman–Crippen MR) is 52.4 cm³/mol. The lowest BCUT2D eigenvalue weighted by Crippen LogP contribution is -2.44. The van der Waals surface area contributed by atoms with Crippen LogP contribution in [0.4, 0.5) is 0 Å². The van der Waals surface area contributed by atoms with E-state index in [-0.39, 0.29) is 24.0 Å². The molecule has 0 heterocycles. The van der Waals surface area contributed by atoms with Crippen molar-refractivity contribution in [3.63, 3.8) is 0 Å². The van der Waals surface area contributed by atoms with E-state index in [4.69, 9.17) is 5.73 Å². The Morgan fingerprint density at radius 1 is 1.54 bits per heavy atom. The number of ether oxygens (including phenoxy) is 1. The summed E-state index contributed by atoms with van der Waals surface area (Å²) in [5.41, 5.74) is 5.73. The molecule has 0 amide bonds. The van der Waals surface area contributed by atoms with Gasteiger partial charge in [-0.15, -0.1) is 0 Å². The molecule has 0 spiro atoms. The Kier molecular flexibility index (Phi) is 4.95. The third kappa shape index (κ3) is 7.74. The molecule has 0 aromatic heterocycles. The van der Waals surface area contributed by atoms with Gasteiger partial charge in [0.25, 0.3) is 0 Å². The molecule has 0 saturated heterocycles. The van der Waals surface area contributed by atoms with E-state index in [0.717, 1.165) is 0 Å². The van der Waals surface area contributed by atoms with Gasteiger partial charge in [-0.1, -0.05) is 0 Å². The van der Waals surface area contributed by atoms with Crippen LogP contribution in [0.5, 0.6) is 0 Å². The number of nitrogens with two attached hydrogens (primary N) is 1. The summed E-state index contributed by atoms with van der Waals surface area (Å²) in [4.78, 5) is 10.8. The lowest BCUT2D eigenvalue weighted by atomic mass is 10.1. The van der Waals surface area contributed by atoms with Gasteiger partial charge in [-0.05, 0) is 20.8 Å². The molecule has 0 aliphatic carbocycles. The summed E-state index contributed by atoms with van der Waals surface area (Å²) in [7, 11) is 1.37. The molecule has 0 rings (SSSR count). The van der Waals surface area contributed by atoms with Crippen LogP contribution >= 0.6 is 0 Å². The van der Waals surface area contributed by atoms with Gasteiger partial charge >= 0.3 is 5.97 Å². The molecule has 0 aliphatic heterocycles. The Bertz CT molecular complexity index is 163. The maximum Gasteiger partial charge on any atom is 0.307 e. The molecule has 0 fully saturated rings. The second-order valence-corrected chi connectivity index (χ2v) is 4.17. The monoisotopic (exact) mass is 188 g/mol. The fourth-order valence-electron chi connectivity index (χ4n) is 0.807. The molecular formula is C9H20N2O2. The van der Waals surface area contributed by atoms with E-state index < -0.39 is 0 Å². The van der Waals surface area contributed by atoms with E-state index in [1.165, 1.54) is 7.11 Å². The van der Waals surface area contributed by atoms with Gasteiger partial charge < -0.3 is 15.8 Å². The Morgan fingerprint density at radius 3 is 2.46 bits per heavy atom. The highest BCUT2D eigenvalue weighted by Gasteiger charge is 2.13. The van der Waals surface area contributed by atoms with Crippen molar-refractivity contribution in [2.75, 3.05) is 13.7 Å². The van der Waals surface area contributed by atoms with E-state index in [1.54, 1.807) is 0 Å². The summed E-state index contributed by atoms with van der Waals surface area (Å²) in [5, 5.41) is 3.22. The SMILES string of the molecule is COC(=O)CC(N)CNC(C)(C)C. The van der Waals surface area contributed by atoms with Crippen molar-refractivity contribution < 1.29 is 9.53 Å². The number of rotatable bonds is 4.